The Balaban J connectivity index is 2.43. The van der Waals surface area contributed by atoms with Crippen LogP contribution in [0.3, 0.4) is 0 Å². The number of H-pyrrole nitrogens is 1. The van der Waals surface area contributed by atoms with Crippen LogP contribution in [0.4, 0.5) is 11.5 Å². The van der Waals surface area contributed by atoms with Gasteiger partial charge in [0.15, 0.2) is 5.82 Å². The number of hydrogen-bond acceptors (Lipinski definition) is 4. The van der Waals surface area contributed by atoms with Gasteiger partial charge >= 0.3 is 0 Å². The summed E-state index contributed by atoms with van der Waals surface area (Å²) in [5.74, 6) is 0.919. The second-order valence-corrected chi connectivity index (χ2v) is 5.57. The third-order valence-corrected chi connectivity index (χ3v) is 3.92. The molecule has 0 aliphatic heterocycles. The number of rotatable bonds is 3. The highest BCUT2D eigenvalue weighted by molar-refractivity contribution is 9.11. The van der Waals surface area contributed by atoms with Crippen molar-refractivity contribution in [2.75, 3.05) is 12.4 Å². The minimum Gasteiger partial charge on any atom is -0.495 e. The molecule has 0 unspecified atom stereocenters. The molecule has 2 aromatic rings. The van der Waals surface area contributed by atoms with Gasteiger partial charge in [-0.3, -0.25) is 4.79 Å². The highest BCUT2D eigenvalue weighted by Gasteiger charge is 2.11. The van der Waals surface area contributed by atoms with Crippen molar-refractivity contribution < 1.29 is 4.74 Å². The molecule has 0 aliphatic carbocycles. The minimum atomic E-state index is -0.403. The molecule has 19 heavy (non-hydrogen) atoms. The molecule has 2 N–H and O–H groups in total. The Morgan fingerprint density at radius 2 is 2.11 bits per heavy atom. The number of hydrogen-bond donors (Lipinski definition) is 2. The number of methoxy groups -OCH3 is 1. The lowest BCUT2D eigenvalue weighted by atomic mass is 10.3. The SMILES string of the molecule is COc1cc(Nc2nc[nH]c(=O)c2Cl)c(Br)cc1Br. The molecule has 2 rings (SSSR count). The Kier molecular flexibility index (Phi) is 4.49. The third kappa shape index (κ3) is 3.10. The number of anilines is 2. The quantitative estimate of drug-likeness (QED) is 0.811. The molecule has 100 valence electrons. The van der Waals surface area contributed by atoms with Crippen LogP contribution in [-0.4, -0.2) is 17.1 Å². The van der Waals surface area contributed by atoms with Crippen molar-refractivity contribution >= 4 is 55.0 Å². The normalized spacial score (nSPS) is 10.3. The van der Waals surface area contributed by atoms with E-state index in [1.54, 1.807) is 13.2 Å². The second kappa shape index (κ2) is 5.94. The van der Waals surface area contributed by atoms with Crippen LogP contribution in [0.2, 0.25) is 5.02 Å². The molecule has 0 amide bonds. The number of aromatic nitrogens is 2. The van der Waals surface area contributed by atoms with E-state index in [0.29, 0.717) is 11.4 Å². The van der Waals surface area contributed by atoms with E-state index >= 15 is 0 Å². The maximum absolute atomic E-state index is 11.4. The van der Waals surface area contributed by atoms with Crippen LogP contribution in [0.15, 0.2) is 32.2 Å². The van der Waals surface area contributed by atoms with Crippen molar-refractivity contribution in [3.05, 3.63) is 42.8 Å². The summed E-state index contributed by atoms with van der Waals surface area (Å²) < 4.78 is 6.78. The zero-order chi connectivity index (χ0) is 14.0. The molecule has 0 atom stereocenters. The van der Waals surface area contributed by atoms with Crippen molar-refractivity contribution in [2.45, 2.75) is 0 Å². The first-order valence-corrected chi connectivity index (χ1v) is 7.02. The van der Waals surface area contributed by atoms with Crippen molar-refractivity contribution in [1.29, 1.82) is 0 Å². The first-order valence-electron chi connectivity index (χ1n) is 5.06. The number of ether oxygens (including phenoxy) is 1. The summed E-state index contributed by atoms with van der Waals surface area (Å²) >= 11 is 12.7. The Morgan fingerprint density at radius 3 is 2.79 bits per heavy atom. The number of benzene rings is 1. The maximum atomic E-state index is 11.4. The lowest BCUT2D eigenvalue weighted by Gasteiger charge is -2.11. The molecular formula is C11H8Br2ClN3O2. The van der Waals surface area contributed by atoms with Crippen molar-refractivity contribution in [3.8, 4) is 5.75 Å². The van der Waals surface area contributed by atoms with Gasteiger partial charge in [-0.15, -0.1) is 0 Å². The van der Waals surface area contributed by atoms with E-state index < -0.39 is 5.56 Å². The maximum Gasteiger partial charge on any atom is 0.271 e. The second-order valence-electron chi connectivity index (χ2n) is 3.49. The topological polar surface area (TPSA) is 67.0 Å². The van der Waals surface area contributed by atoms with Crippen LogP contribution in [0.25, 0.3) is 0 Å². The summed E-state index contributed by atoms with van der Waals surface area (Å²) in [6.07, 6.45) is 1.28. The number of nitrogens with one attached hydrogen (secondary N) is 2. The van der Waals surface area contributed by atoms with E-state index in [1.807, 2.05) is 6.07 Å². The fraction of sp³-hybridized carbons (Fsp3) is 0.0909. The van der Waals surface area contributed by atoms with Gasteiger partial charge in [-0.05, 0) is 37.9 Å². The van der Waals surface area contributed by atoms with Gasteiger partial charge in [0.1, 0.15) is 10.8 Å². The lowest BCUT2D eigenvalue weighted by molar-refractivity contribution is 0.412. The molecule has 8 heteroatoms. The van der Waals surface area contributed by atoms with Gasteiger partial charge in [0.05, 0.1) is 23.6 Å². The van der Waals surface area contributed by atoms with Crippen molar-refractivity contribution in [3.63, 3.8) is 0 Å². The Hall–Kier alpha value is -1.05. The highest BCUT2D eigenvalue weighted by Crippen LogP contribution is 2.36. The van der Waals surface area contributed by atoms with Crippen LogP contribution in [0, 0.1) is 0 Å². The lowest BCUT2D eigenvalue weighted by Crippen LogP contribution is -2.09. The third-order valence-electron chi connectivity index (χ3n) is 2.29. The first-order chi connectivity index (χ1) is 9.02. The van der Waals surface area contributed by atoms with Crippen molar-refractivity contribution in [1.82, 2.24) is 9.97 Å². The van der Waals surface area contributed by atoms with Gasteiger partial charge in [-0.2, -0.15) is 0 Å². The smallest absolute Gasteiger partial charge is 0.271 e. The Labute approximate surface area is 130 Å². The van der Waals surface area contributed by atoms with Gasteiger partial charge in [-0.25, -0.2) is 4.98 Å². The average Bonchev–Trinajstić information content (AvgIpc) is 2.38. The fourth-order valence-corrected chi connectivity index (χ4v) is 2.78. The monoisotopic (exact) mass is 407 g/mol. The van der Waals surface area contributed by atoms with Gasteiger partial charge in [-0.1, -0.05) is 11.6 Å². The molecule has 0 saturated carbocycles. The highest BCUT2D eigenvalue weighted by atomic mass is 79.9. The molecule has 0 saturated heterocycles. The summed E-state index contributed by atoms with van der Waals surface area (Å²) in [4.78, 5) is 17.8. The Bertz CT molecular complexity index is 675. The van der Waals surface area contributed by atoms with E-state index in [0.717, 1.165) is 8.95 Å². The fourth-order valence-electron chi connectivity index (χ4n) is 1.38. The van der Waals surface area contributed by atoms with Crippen molar-refractivity contribution in [2.24, 2.45) is 0 Å². The number of aromatic amines is 1. The standard InChI is InChI=1S/C11H8Br2ClN3O2/c1-19-8-3-7(5(12)2-6(8)13)17-10-9(14)11(18)16-4-15-10/h2-4H,1H3,(H2,15,16,17,18). The Morgan fingerprint density at radius 1 is 1.37 bits per heavy atom. The van der Waals surface area contributed by atoms with E-state index in [4.69, 9.17) is 16.3 Å². The molecule has 0 aliphatic rings. The average molecular weight is 409 g/mol. The summed E-state index contributed by atoms with van der Waals surface area (Å²) in [6, 6.07) is 3.58. The summed E-state index contributed by atoms with van der Waals surface area (Å²) in [5, 5.41) is 2.97. The molecule has 0 bridgehead atoms. The molecule has 1 heterocycles. The van der Waals surface area contributed by atoms with Gasteiger partial charge in [0.2, 0.25) is 0 Å². The molecule has 5 nitrogen and oxygen atoms in total. The number of nitrogens with zero attached hydrogens (tertiary/aromatic N) is 1. The summed E-state index contributed by atoms with van der Waals surface area (Å²) in [7, 11) is 1.57. The van der Waals surface area contributed by atoms with E-state index in [2.05, 4.69) is 47.1 Å². The predicted octanol–water partition coefficient (Wildman–Crippen LogP) is 3.70. The van der Waals surface area contributed by atoms with Crippen LogP contribution in [0.1, 0.15) is 0 Å². The molecule has 0 radical (unpaired) electrons. The summed E-state index contributed by atoms with van der Waals surface area (Å²) in [5.41, 5.74) is 0.277. The number of halogens is 3. The molecule has 0 fully saturated rings. The van der Waals surface area contributed by atoms with Crippen LogP contribution >= 0.6 is 43.5 Å². The molecule has 0 spiro atoms. The van der Waals surface area contributed by atoms with Gasteiger partial charge < -0.3 is 15.0 Å². The van der Waals surface area contributed by atoms with Gasteiger partial charge in [0, 0.05) is 10.5 Å². The predicted molar refractivity (Wildman–Crippen MR) is 81.5 cm³/mol. The van der Waals surface area contributed by atoms with E-state index in [1.165, 1.54) is 6.33 Å². The van der Waals surface area contributed by atoms with Gasteiger partial charge in [0.25, 0.3) is 5.56 Å². The largest absolute Gasteiger partial charge is 0.495 e. The zero-order valence-electron chi connectivity index (χ0n) is 9.63. The van der Waals surface area contributed by atoms with Crippen LogP contribution < -0.4 is 15.6 Å². The molecule has 1 aromatic carbocycles. The minimum absolute atomic E-state index is 0.00344. The van der Waals surface area contributed by atoms with E-state index in [9.17, 15) is 4.79 Å². The van der Waals surface area contributed by atoms with Crippen LogP contribution in [-0.2, 0) is 0 Å². The van der Waals surface area contributed by atoms with E-state index in [-0.39, 0.29) is 10.8 Å². The van der Waals surface area contributed by atoms with Crippen LogP contribution in [0.5, 0.6) is 5.75 Å². The zero-order valence-corrected chi connectivity index (χ0v) is 13.6. The summed E-state index contributed by atoms with van der Waals surface area (Å²) in [6.45, 7) is 0. The molecule has 1 aromatic heterocycles. The first kappa shape index (κ1) is 14.4. The molecular weight excluding hydrogens is 401 g/mol.